The van der Waals surface area contributed by atoms with Crippen molar-refractivity contribution in [2.24, 2.45) is 0 Å². The quantitative estimate of drug-likeness (QED) is 0.0217. The van der Waals surface area contributed by atoms with Crippen molar-refractivity contribution in [2.75, 3.05) is 13.2 Å². The number of nitrogens with one attached hydrogen (secondary N) is 1. The Morgan fingerprint density at radius 3 is 1.41 bits per heavy atom. The minimum absolute atomic E-state index is 0.176. The minimum Gasteiger partial charge on any atom is -0.394 e. The summed E-state index contributed by atoms with van der Waals surface area (Å²) in [6.07, 6.45) is 33.1. The zero-order valence-electron chi connectivity index (χ0n) is 39.2. The third-order valence-corrected chi connectivity index (χ3v) is 12.6. The van der Waals surface area contributed by atoms with Crippen molar-refractivity contribution in [3.63, 3.8) is 0 Å². The molecule has 0 aromatic carbocycles. The lowest BCUT2D eigenvalue weighted by molar-refractivity contribution is -0.303. The molecule has 11 heteroatoms. The number of hydrogen-bond acceptors (Lipinski definition) is 10. The van der Waals surface area contributed by atoms with E-state index in [1.54, 1.807) is 0 Å². The van der Waals surface area contributed by atoms with Crippen LogP contribution in [0.4, 0.5) is 0 Å². The molecule has 61 heavy (non-hydrogen) atoms. The van der Waals surface area contributed by atoms with Gasteiger partial charge in [-0.25, -0.2) is 0 Å². The van der Waals surface area contributed by atoms with Crippen LogP contribution in [-0.2, 0) is 14.3 Å². The number of amides is 1. The van der Waals surface area contributed by atoms with E-state index in [0.717, 1.165) is 32.1 Å². The lowest BCUT2D eigenvalue weighted by atomic mass is 9.98. The van der Waals surface area contributed by atoms with Crippen LogP contribution in [0, 0.1) is 0 Å². The molecule has 0 spiro atoms. The third kappa shape index (κ3) is 29.8. The first-order chi connectivity index (χ1) is 29.7. The van der Waals surface area contributed by atoms with Gasteiger partial charge in [-0.1, -0.05) is 212 Å². The fourth-order valence-corrected chi connectivity index (χ4v) is 8.33. The van der Waals surface area contributed by atoms with Gasteiger partial charge in [-0.3, -0.25) is 4.79 Å². The van der Waals surface area contributed by atoms with Crippen molar-refractivity contribution >= 4 is 5.91 Å². The normalized spacial score (nSPS) is 21.5. The Bertz CT molecular complexity index is 1000. The Kier molecular flexibility index (Phi) is 38.3. The Morgan fingerprint density at radius 2 is 0.967 bits per heavy atom. The van der Waals surface area contributed by atoms with Crippen LogP contribution in [0.25, 0.3) is 0 Å². The second kappa shape index (κ2) is 40.4. The second-order valence-electron chi connectivity index (χ2n) is 18.2. The Morgan fingerprint density at radius 1 is 0.557 bits per heavy atom. The number of ether oxygens (including phenoxy) is 2. The molecule has 1 aliphatic rings. The zero-order valence-corrected chi connectivity index (χ0v) is 39.2. The lowest BCUT2D eigenvalue weighted by Crippen LogP contribution is -2.60. The summed E-state index contributed by atoms with van der Waals surface area (Å²) in [6.45, 7) is 3.38. The molecule has 1 saturated heterocycles. The van der Waals surface area contributed by atoms with Crippen LogP contribution in [0.15, 0.2) is 12.2 Å². The first-order valence-corrected chi connectivity index (χ1v) is 25.6. The van der Waals surface area contributed by atoms with Crippen LogP contribution in [0.3, 0.4) is 0 Å². The van der Waals surface area contributed by atoms with Crippen LogP contribution >= 0.6 is 0 Å². The van der Waals surface area contributed by atoms with E-state index >= 15 is 0 Å². The molecular weight excluding hydrogens is 775 g/mol. The molecule has 8 N–H and O–H groups in total. The van der Waals surface area contributed by atoms with Crippen molar-refractivity contribution in [2.45, 2.75) is 287 Å². The Labute approximate surface area is 372 Å². The topological polar surface area (TPSA) is 189 Å². The summed E-state index contributed by atoms with van der Waals surface area (Å²) in [7, 11) is 0. The number of rotatable bonds is 43. The van der Waals surface area contributed by atoms with Gasteiger partial charge in [0, 0.05) is 0 Å². The van der Waals surface area contributed by atoms with Crippen molar-refractivity contribution in [1.82, 2.24) is 5.32 Å². The molecule has 1 heterocycles. The van der Waals surface area contributed by atoms with Gasteiger partial charge >= 0.3 is 0 Å². The molecule has 0 bridgehead atoms. The summed E-state index contributed by atoms with van der Waals surface area (Å²) in [5.41, 5.74) is 0. The predicted octanol–water partition coefficient (Wildman–Crippen LogP) is 9.23. The SMILES string of the molecule is CCCCCC/C=C\CCC(O)C(=O)NC(COC1OC(CO)C(O)C(O)C1O)C(O)C(O)CCCCCCCCCCCCCCCCCCCCCCCCCCCC. The van der Waals surface area contributed by atoms with Crippen molar-refractivity contribution < 1.29 is 50.0 Å². The highest BCUT2D eigenvalue weighted by atomic mass is 16.7. The second-order valence-corrected chi connectivity index (χ2v) is 18.2. The number of carbonyl (C=O) groups excluding carboxylic acids is 1. The highest BCUT2D eigenvalue weighted by Crippen LogP contribution is 2.23. The maximum Gasteiger partial charge on any atom is 0.249 e. The number of carbonyl (C=O) groups is 1. The molecule has 9 atom stereocenters. The molecule has 0 aliphatic carbocycles. The van der Waals surface area contributed by atoms with E-state index in [-0.39, 0.29) is 6.42 Å². The maximum absolute atomic E-state index is 13.0. The van der Waals surface area contributed by atoms with Crippen molar-refractivity contribution in [1.29, 1.82) is 0 Å². The van der Waals surface area contributed by atoms with Crippen LogP contribution in [-0.4, -0.2) is 110 Å². The number of aliphatic hydroxyl groups is 7. The third-order valence-electron chi connectivity index (χ3n) is 12.6. The van der Waals surface area contributed by atoms with E-state index in [1.165, 1.54) is 161 Å². The van der Waals surface area contributed by atoms with Gasteiger partial charge in [-0.2, -0.15) is 0 Å². The molecule has 9 unspecified atom stereocenters. The molecule has 0 aromatic heterocycles. The van der Waals surface area contributed by atoms with Gasteiger partial charge in [0.25, 0.3) is 0 Å². The van der Waals surface area contributed by atoms with Crippen LogP contribution in [0.2, 0.25) is 0 Å². The summed E-state index contributed by atoms with van der Waals surface area (Å²) < 4.78 is 11.1. The average molecular weight is 872 g/mol. The van der Waals surface area contributed by atoms with Gasteiger partial charge in [0.15, 0.2) is 6.29 Å². The number of unbranched alkanes of at least 4 members (excludes halogenated alkanes) is 29. The minimum atomic E-state index is -1.66. The Balaban J connectivity index is 2.26. The fraction of sp³-hybridized carbons (Fsp3) is 0.940. The zero-order chi connectivity index (χ0) is 44.8. The van der Waals surface area contributed by atoms with E-state index < -0.39 is 74.2 Å². The van der Waals surface area contributed by atoms with Crippen molar-refractivity contribution in [3.05, 3.63) is 12.2 Å². The smallest absolute Gasteiger partial charge is 0.249 e. The summed E-state index contributed by atoms with van der Waals surface area (Å²) in [6, 6.07) is -1.18. The summed E-state index contributed by atoms with van der Waals surface area (Å²) in [5.74, 6) is -0.731. The molecule has 1 fully saturated rings. The van der Waals surface area contributed by atoms with Crippen LogP contribution in [0.5, 0.6) is 0 Å². The van der Waals surface area contributed by atoms with Gasteiger partial charge in [0.2, 0.25) is 5.91 Å². The molecule has 11 nitrogen and oxygen atoms in total. The largest absolute Gasteiger partial charge is 0.394 e. The average Bonchev–Trinajstić information content (AvgIpc) is 3.26. The van der Waals surface area contributed by atoms with E-state index in [0.29, 0.717) is 19.3 Å². The predicted molar refractivity (Wildman–Crippen MR) is 247 cm³/mol. The monoisotopic (exact) mass is 872 g/mol. The van der Waals surface area contributed by atoms with E-state index in [1.807, 2.05) is 6.08 Å². The van der Waals surface area contributed by atoms with Gasteiger partial charge in [0.1, 0.15) is 36.6 Å². The first kappa shape index (κ1) is 57.9. The molecular formula is C50H97NO10. The summed E-state index contributed by atoms with van der Waals surface area (Å²) in [5, 5.41) is 75.5. The highest BCUT2D eigenvalue weighted by Gasteiger charge is 2.44. The van der Waals surface area contributed by atoms with Crippen LogP contribution < -0.4 is 5.32 Å². The van der Waals surface area contributed by atoms with Gasteiger partial charge in [-0.05, 0) is 32.1 Å². The molecule has 1 rings (SSSR count). The Hall–Kier alpha value is -1.15. The molecule has 1 aliphatic heterocycles. The standard InChI is InChI=1S/C50H97NO10/c1-3-5-7-9-11-13-14-15-16-17-18-19-20-21-22-23-24-25-26-27-28-29-30-32-33-35-37-42(53)45(55)41(40-60-50-48(58)47(57)46(56)44(39-52)61-50)51-49(59)43(54)38-36-34-31-12-10-8-6-4-2/h31,34,41-48,50,52-58H,3-30,32-33,35-40H2,1-2H3,(H,51,59)/b34-31-. The van der Waals surface area contributed by atoms with Gasteiger partial charge in [-0.15, -0.1) is 0 Å². The number of aliphatic hydroxyl groups excluding tert-OH is 7. The summed E-state index contributed by atoms with van der Waals surface area (Å²) >= 11 is 0. The number of allylic oxidation sites excluding steroid dienone is 2. The highest BCUT2D eigenvalue weighted by molar-refractivity contribution is 5.80. The first-order valence-electron chi connectivity index (χ1n) is 25.6. The molecule has 0 radical (unpaired) electrons. The maximum atomic E-state index is 13.0. The van der Waals surface area contributed by atoms with E-state index in [2.05, 4.69) is 25.2 Å². The fourth-order valence-electron chi connectivity index (χ4n) is 8.33. The van der Waals surface area contributed by atoms with E-state index in [4.69, 9.17) is 9.47 Å². The lowest BCUT2D eigenvalue weighted by Gasteiger charge is -2.40. The van der Waals surface area contributed by atoms with Crippen molar-refractivity contribution in [3.8, 4) is 0 Å². The van der Waals surface area contributed by atoms with Gasteiger partial charge < -0.3 is 50.5 Å². The molecule has 0 aromatic rings. The van der Waals surface area contributed by atoms with E-state index in [9.17, 15) is 40.5 Å². The van der Waals surface area contributed by atoms with Gasteiger partial charge in [0.05, 0.1) is 25.4 Å². The molecule has 362 valence electrons. The molecule has 0 saturated carbocycles. The number of hydrogen-bond donors (Lipinski definition) is 8. The molecule has 1 amide bonds. The summed E-state index contributed by atoms with van der Waals surface area (Å²) in [4.78, 5) is 13.0. The van der Waals surface area contributed by atoms with Crippen LogP contribution in [0.1, 0.15) is 232 Å².